The molecule has 0 bridgehead atoms. The molecule has 5 nitrogen and oxygen atoms in total. The second-order valence-corrected chi connectivity index (χ2v) is 7.47. The van der Waals surface area contributed by atoms with Gasteiger partial charge >= 0.3 is 0 Å². The minimum absolute atomic E-state index is 0.0488. The molecule has 2 N–H and O–H groups in total. The van der Waals surface area contributed by atoms with Crippen molar-refractivity contribution >= 4 is 17.5 Å². The fourth-order valence-electron chi connectivity index (χ4n) is 3.19. The standard InChI is InChI=1S/C20H29N3O2/c1-15-9-13-23(14-10-15)12-2-11-21-19(24)16-5-7-18(8-6-16)22-20(25)17-3-4-17/h5-8,15,17H,2-4,9-14H2,1H3,(H,21,24)(H,22,25). The third-order valence-corrected chi connectivity index (χ3v) is 5.18. The van der Waals surface area contributed by atoms with Crippen LogP contribution in [0.15, 0.2) is 24.3 Å². The van der Waals surface area contributed by atoms with Gasteiger partial charge in [-0.05, 0) is 81.9 Å². The summed E-state index contributed by atoms with van der Waals surface area (Å²) in [6, 6.07) is 7.13. The summed E-state index contributed by atoms with van der Waals surface area (Å²) < 4.78 is 0. The van der Waals surface area contributed by atoms with Crippen molar-refractivity contribution in [2.45, 2.75) is 39.0 Å². The van der Waals surface area contributed by atoms with E-state index in [1.807, 2.05) is 0 Å². The van der Waals surface area contributed by atoms with Crippen LogP contribution in [0.4, 0.5) is 5.69 Å². The molecule has 5 heteroatoms. The Morgan fingerprint density at radius 1 is 1.08 bits per heavy atom. The molecule has 0 aromatic heterocycles. The fourth-order valence-corrected chi connectivity index (χ4v) is 3.19. The van der Waals surface area contributed by atoms with E-state index < -0.39 is 0 Å². The maximum atomic E-state index is 12.2. The molecule has 1 aromatic rings. The van der Waals surface area contributed by atoms with E-state index in [4.69, 9.17) is 0 Å². The van der Waals surface area contributed by atoms with Crippen LogP contribution < -0.4 is 10.6 Å². The molecular weight excluding hydrogens is 314 g/mol. The second-order valence-electron chi connectivity index (χ2n) is 7.47. The number of nitrogens with one attached hydrogen (secondary N) is 2. The molecule has 0 unspecified atom stereocenters. The fraction of sp³-hybridized carbons (Fsp3) is 0.600. The Morgan fingerprint density at radius 3 is 2.40 bits per heavy atom. The monoisotopic (exact) mass is 343 g/mol. The highest BCUT2D eigenvalue weighted by Crippen LogP contribution is 2.30. The zero-order valence-corrected chi connectivity index (χ0v) is 15.1. The maximum absolute atomic E-state index is 12.2. The van der Waals surface area contributed by atoms with Crippen LogP contribution in [0.2, 0.25) is 0 Å². The SMILES string of the molecule is CC1CCN(CCCNC(=O)c2ccc(NC(=O)C3CC3)cc2)CC1. The lowest BCUT2D eigenvalue weighted by atomic mass is 9.99. The van der Waals surface area contributed by atoms with E-state index in [1.165, 1.54) is 25.9 Å². The number of benzene rings is 1. The van der Waals surface area contributed by atoms with Crippen molar-refractivity contribution in [3.05, 3.63) is 29.8 Å². The Morgan fingerprint density at radius 2 is 1.76 bits per heavy atom. The lowest BCUT2D eigenvalue weighted by Gasteiger charge is -2.30. The summed E-state index contributed by atoms with van der Waals surface area (Å²) in [5, 5.41) is 5.87. The summed E-state index contributed by atoms with van der Waals surface area (Å²) in [7, 11) is 0. The molecule has 1 aromatic carbocycles. The second kappa shape index (κ2) is 8.48. The highest BCUT2D eigenvalue weighted by atomic mass is 16.2. The molecule has 0 spiro atoms. The van der Waals surface area contributed by atoms with Crippen LogP contribution in [-0.2, 0) is 4.79 Å². The Labute approximate surface area is 150 Å². The van der Waals surface area contributed by atoms with Crippen LogP contribution in [0.5, 0.6) is 0 Å². The summed E-state index contributed by atoms with van der Waals surface area (Å²) in [4.78, 5) is 26.4. The molecule has 1 saturated heterocycles. The molecule has 2 fully saturated rings. The Hall–Kier alpha value is -1.88. The summed E-state index contributed by atoms with van der Waals surface area (Å²) in [5.41, 5.74) is 1.39. The third-order valence-electron chi connectivity index (χ3n) is 5.18. The van der Waals surface area contributed by atoms with Gasteiger partial charge < -0.3 is 15.5 Å². The molecule has 1 heterocycles. The van der Waals surface area contributed by atoms with Crippen molar-refractivity contribution in [1.82, 2.24) is 10.2 Å². The van der Waals surface area contributed by atoms with E-state index in [1.54, 1.807) is 24.3 Å². The van der Waals surface area contributed by atoms with Crippen molar-refractivity contribution in [2.24, 2.45) is 11.8 Å². The lowest BCUT2D eigenvalue weighted by Crippen LogP contribution is -2.35. The van der Waals surface area contributed by atoms with Crippen LogP contribution in [0.3, 0.4) is 0 Å². The number of anilines is 1. The zero-order valence-electron chi connectivity index (χ0n) is 15.1. The normalized spacial score (nSPS) is 18.8. The molecule has 1 aliphatic heterocycles. The van der Waals surface area contributed by atoms with Gasteiger partial charge in [0.05, 0.1) is 0 Å². The summed E-state index contributed by atoms with van der Waals surface area (Å²) in [6.07, 6.45) is 5.53. The van der Waals surface area contributed by atoms with E-state index in [9.17, 15) is 9.59 Å². The average molecular weight is 343 g/mol. The van der Waals surface area contributed by atoms with Crippen molar-refractivity contribution in [2.75, 3.05) is 31.5 Å². The molecule has 0 atom stereocenters. The molecule has 2 amide bonds. The summed E-state index contributed by atoms with van der Waals surface area (Å²) in [5.74, 6) is 1.08. The van der Waals surface area contributed by atoms with Crippen molar-refractivity contribution < 1.29 is 9.59 Å². The van der Waals surface area contributed by atoms with E-state index in [0.29, 0.717) is 12.1 Å². The molecule has 1 saturated carbocycles. The molecule has 2 aliphatic rings. The number of piperidine rings is 1. The van der Waals surface area contributed by atoms with E-state index in [2.05, 4.69) is 22.5 Å². The number of hydrogen-bond donors (Lipinski definition) is 2. The number of hydrogen-bond acceptors (Lipinski definition) is 3. The number of rotatable bonds is 7. The average Bonchev–Trinajstić information content (AvgIpc) is 3.46. The molecule has 1 aliphatic carbocycles. The van der Waals surface area contributed by atoms with Crippen molar-refractivity contribution in [1.29, 1.82) is 0 Å². The Kier molecular flexibility index (Phi) is 6.08. The summed E-state index contributed by atoms with van der Waals surface area (Å²) in [6.45, 7) is 6.44. The van der Waals surface area contributed by atoms with Crippen LogP contribution in [-0.4, -0.2) is 42.9 Å². The first-order valence-electron chi connectivity index (χ1n) is 9.53. The molecular formula is C20H29N3O2. The first-order valence-corrected chi connectivity index (χ1v) is 9.53. The van der Waals surface area contributed by atoms with Crippen molar-refractivity contribution in [3.8, 4) is 0 Å². The van der Waals surface area contributed by atoms with Crippen LogP contribution in [0, 0.1) is 11.8 Å². The predicted octanol–water partition coefficient (Wildman–Crippen LogP) is 2.89. The van der Waals surface area contributed by atoms with E-state index >= 15 is 0 Å². The first kappa shape index (κ1) is 17.9. The molecule has 136 valence electrons. The van der Waals surface area contributed by atoms with E-state index in [-0.39, 0.29) is 17.7 Å². The number of nitrogens with zero attached hydrogens (tertiary/aromatic N) is 1. The van der Waals surface area contributed by atoms with Gasteiger partial charge in [0.15, 0.2) is 0 Å². The van der Waals surface area contributed by atoms with Gasteiger partial charge in [-0.25, -0.2) is 0 Å². The van der Waals surface area contributed by atoms with Crippen LogP contribution in [0.25, 0.3) is 0 Å². The third kappa shape index (κ3) is 5.56. The van der Waals surface area contributed by atoms with Gasteiger partial charge in [-0.15, -0.1) is 0 Å². The minimum Gasteiger partial charge on any atom is -0.352 e. The first-order chi connectivity index (χ1) is 12.1. The van der Waals surface area contributed by atoms with Gasteiger partial charge in [-0.3, -0.25) is 9.59 Å². The van der Waals surface area contributed by atoms with Gasteiger partial charge in [-0.1, -0.05) is 6.92 Å². The van der Waals surface area contributed by atoms with Gasteiger partial charge in [0.25, 0.3) is 5.91 Å². The number of likely N-dealkylation sites (tertiary alicyclic amines) is 1. The quantitative estimate of drug-likeness (QED) is 0.749. The topological polar surface area (TPSA) is 61.4 Å². The number of amides is 2. The maximum Gasteiger partial charge on any atom is 0.251 e. The Balaban J connectivity index is 1.35. The Bertz CT molecular complexity index is 587. The predicted molar refractivity (Wildman–Crippen MR) is 99.6 cm³/mol. The largest absolute Gasteiger partial charge is 0.352 e. The highest BCUT2D eigenvalue weighted by Gasteiger charge is 2.29. The van der Waals surface area contributed by atoms with E-state index in [0.717, 1.165) is 37.4 Å². The molecule has 25 heavy (non-hydrogen) atoms. The number of carbonyl (C=O) groups is 2. The number of carbonyl (C=O) groups excluding carboxylic acids is 2. The lowest BCUT2D eigenvalue weighted by molar-refractivity contribution is -0.117. The van der Waals surface area contributed by atoms with Crippen LogP contribution in [0.1, 0.15) is 49.4 Å². The van der Waals surface area contributed by atoms with Gasteiger partial charge in [0.2, 0.25) is 5.91 Å². The van der Waals surface area contributed by atoms with Gasteiger partial charge in [-0.2, -0.15) is 0 Å². The van der Waals surface area contributed by atoms with Crippen LogP contribution >= 0.6 is 0 Å². The highest BCUT2D eigenvalue weighted by molar-refractivity contribution is 5.96. The summed E-state index contributed by atoms with van der Waals surface area (Å²) >= 11 is 0. The minimum atomic E-state index is -0.0488. The smallest absolute Gasteiger partial charge is 0.251 e. The molecule has 3 rings (SSSR count). The van der Waals surface area contributed by atoms with Crippen molar-refractivity contribution in [3.63, 3.8) is 0 Å². The van der Waals surface area contributed by atoms with Gasteiger partial charge in [0, 0.05) is 23.7 Å². The molecule has 0 radical (unpaired) electrons. The zero-order chi connectivity index (χ0) is 17.6. The van der Waals surface area contributed by atoms with Gasteiger partial charge in [0.1, 0.15) is 0 Å².